The zero-order chi connectivity index (χ0) is 4.41. The summed E-state index contributed by atoms with van der Waals surface area (Å²) in [5.41, 5.74) is 0. The average Bonchev–Trinajstić information content (AvgIpc) is 2.21. The molecule has 1 fully saturated rings. The fourth-order valence-corrected chi connectivity index (χ4v) is 4.32. The molecule has 0 aromatic rings. The molecule has 1 aliphatic heterocycles. The zero-order valence-corrected chi connectivity index (χ0v) is 6.23. The fraction of sp³-hybridized carbons (Fsp3) is 1.00. The maximum Gasteiger partial charge on any atom is 0.0404 e. The van der Waals surface area contributed by atoms with Crippen LogP contribution in [0.2, 0.25) is 0 Å². The molecule has 0 aliphatic carbocycles. The lowest BCUT2D eigenvalue weighted by Crippen LogP contribution is -1.56. The van der Waals surface area contributed by atoms with E-state index in [9.17, 15) is 0 Å². The van der Waals surface area contributed by atoms with Crippen LogP contribution >= 0.6 is 30.9 Å². The topological polar surface area (TPSA) is 0 Å². The van der Waals surface area contributed by atoms with Gasteiger partial charge in [-0.1, -0.05) is 0 Å². The molecular weight excluding hydrogens is 131 g/mol. The molecule has 0 aromatic heterocycles. The monoisotopic (exact) mass is 138 g/mol. The van der Waals surface area contributed by atoms with Crippen LogP contribution in [-0.2, 0) is 0 Å². The molecule has 6 heavy (non-hydrogen) atoms. The lowest BCUT2D eigenvalue weighted by molar-refractivity contribution is 1.64. The Kier molecular flexibility index (Phi) is 2.14. The Morgan fingerprint density at radius 3 is 2.83 bits per heavy atom. The molecule has 2 unspecified atom stereocenters. The van der Waals surface area contributed by atoms with E-state index in [-0.39, 0.29) is 0 Å². The minimum Gasteiger partial charge on any atom is -0.151 e. The second-order valence-corrected chi connectivity index (χ2v) is 6.07. The Labute approximate surface area is 48.4 Å². The highest BCUT2D eigenvalue weighted by Gasteiger charge is 2.20. The minimum absolute atomic E-state index is 1.06. The molecule has 0 spiro atoms. The molecule has 1 heterocycles. The van der Waals surface area contributed by atoms with Gasteiger partial charge in [0.15, 0.2) is 0 Å². The standard InChI is InChI=1S/C3H7PS2/c1-5-4-3-2-6-3/h3-4H,2H2,1H3. The van der Waals surface area contributed by atoms with E-state index >= 15 is 0 Å². The van der Waals surface area contributed by atoms with Gasteiger partial charge < -0.3 is 0 Å². The van der Waals surface area contributed by atoms with Crippen molar-refractivity contribution in [3.05, 3.63) is 0 Å². The number of thioether (sulfide) groups is 1. The first-order valence-corrected chi connectivity index (χ1v) is 5.91. The van der Waals surface area contributed by atoms with Crippen LogP contribution in [0.25, 0.3) is 0 Å². The Morgan fingerprint density at radius 2 is 2.67 bits per heavy atom. The molecule has 0 bridgehead atoms. The molecule has 0 N–H and O–H groups in total. The lowest BCUT2D eigenvalue weighted by Gasteiger charge is -1.82. The summed E-state index contributed by atoms with van der Waals surface area (Å²) in [5.74, 6) is 1.43. The molecule has 0 aromatic carbocycles. The van der Waals surface area contributed by atoms with Crippen LogP contribution in [0, 0.1) is 0 Å². The van der Waals surface area contributed by atoms with Gasteiger partial charge in [-0.15, -0.1) is 11.4 Å². The number of hydrogen-bond donors (Lipinski definition) is 0. The van der Waals surface area contributed by atoms with Gasteiger partial charge in [0.25, 0.3) is 0 Å². The van der Waals surface area contributed by atoms with Crippen molar-refractivity contribution in [2.24, 2.45) is 0 Å². The van der Waals surface area contributed by atoms with E-state index in [1.807, 2.05) is 11.4 Å². The third kappa shape index (κ3) is 1.72. The molecule has 1 rings (SSSR count). The quantitative estimate of drug-likeness (QED) is 0.423. The van der Waals surface area contributed by atoms with Crippen LogP contribution in [0.5, 0.6) is 0 Å². The Morgan fingerprint density at radius 1 is 2.00 bits per heavy atom. The van der Waals surface area contributed by atoms with Crippen LogP contribution in [0.4, 0.5) is 0 Å². The van der Waals surface area contributed by atoms with Crippen LogP contribution in [-0.4, -0.2) is 17.0 Å². The number of rotatable bonds is 2. The molecule has 0 amide bonds. The Balaban J connectivity index is 1.88. The molecule has 36 valence electrons. The van der Waals surface area contributed by atoms with Gasteiger partial charge in [-0.2, -0.15) is 11.8 Å². The highest BCUT2D eigenvalue weighted by Crippen LogP contribution is 2.49. The summed E-state index contributed by atoms with van der Waals surface area (Å²) < 4.78 is 0. The molecule has 1 saturated heterocycles. The van der Waals surface area contributed by atoms with E-state index < -0.39 is 0 Å². The summed E-state index contributed by atoms with van der Waals surface area (Å²) in [4.78, 5) is 1.06. The first-order chi connectivity index (χ1) is 2.93. The highest BCUT2D eigenvalue weighted by atomic mass is 32.7. The maximum atomic E-state index is 2.18. The summed E-state index contributed by atoms with van der Waals surface area (Å²) in [7, 11) is 1.16. The minimum atomic E-state index is 1.06. The summed E-state index contributed by atoms with van der Waals surface area (Å²) in [6.45, 7) is 0. The SMILES string of the molecule is CSPC1CS1. The molecule has 0 radical (unpaired) electrons. The molecule has 2 atom stereocenters. The molecular formula is C3H7PS2. The second kappa shape index (κ2) is 2.44. The van der Waals surface area contributed by atoms with Crippen molar-refractivity contribution in [2.75, 3.05) is 12.0 Å². The first-order valence-electron chi connectivity index (χ1n) is 1.83. The molecule has 0 nitrogen and oxygen atoms in total. The highest BCUT2D eigenvalue weighted by molar-refractivity contribution is 8.52. The third-order valence-electron chi connectivity index (χ3n) is 0.583. The maximum absolute atomic E-state index is 2.18. The molecule has 1 aliphatic rings. The van der Waals surface area contributed by atoms with Gasteiger partial charge in [0, 0.05) is 10.7 Å². The fourth-order valence-electron chi connectivity index (χ4n) is 0.248. The third-order valence-corrected chi connectivity index (χ3v) is 5.11. The van der Waals surface area contributed by atoms with Gasteiger partial charge in [0.05, 0.1) is 0 Å². The normalized spacial score (nSPS) is 32.5. The van der Waals surface area contributed by atoms with E-state index in [0.717, 1.165) is 12.8 Å². The van der Waals surface area contributed by atoms with E-state index in [0.29, 0.717) is 0 Å². The van der Waals surface area contributed by atoms with Gasteiger partial charge in [-0.3, -0.25) is 0 Å². The number of hydrogen-bond acceptors (Lipinski definition) is 2. The van der Waals surface area contributed by atoms with Crippen molar-refractivity contribution in [1.82, 2.24) is 0 Å². The van der Waals surface area contributed by atoms with Crippen LogP contribution in [0.3, 0.4) is 0 Å². The smallest absolute Gasteiger partial charge is 0.0404 e. The van der Waals surface area contributed by atoms with Gasteiger partial charge in [-0.05, 0) is 14.0 Å². The van der Waals surface area contributed by atoms with Gasteiger partial charge in [0.2, 0.25) is 0 Å². The van der Waals surface area contributed by atoms with Crippen molar-refractivity contribution in [3.63, 3.8) is 0 Å². The van der Waals surface area contributed by atoms with Crippen molar-refractivity contribution in [1.29, 1.82) is 0 Å². The largest absolute Gasteiger partial charge is 0.151 e. The van der Waals surface area contributed by atoms with E-state index in [4.69, 9.17) is 0 Å². The summed E-state index contributed by atoms with van der Waals surface area (Å²) in [6.07, 6.45) is 2.18. The predicted molar refractivity (Wildman–Crippen MR) is 38.1 cm³/mol. The van der Waals surface area contributed by atoms with Crippen LogP contribution < -0.4 is 0 Å². The summed E-state index contributed by atoms with van der Waals surface area (Å²) in [5, 5.41) is 0. The van der Waals surface area contributed by atoms with Crippen LogP contribution in [0.15, 0.2) is 0 Å². The molecule has 3 heteroatoms. The lowest BCUT2D eigenvalue weighted by atomic mass is 11.0. The first kappa shape index (κ1) is 5.27. The second-order valence-electron chi connectivity index (χ2n) is 1.14. The van der Waals surface area contributed by atoms with Crippen molar-refractivity contribution in [2.45, 2.75) is 4.99 Å². The Bertz CT molecular complexity index is 44.1. The van der Waals surface area contributed by atoms with Crippen LogP contribution in [0.1, 0.15) is 0 Å². The van der Waals surface area contributed by atoms with Gasteiger partial charge in [0.1, 0.15) is 0 Å². The summed E-state index contributed by atoms with van der Waals surface area (Å²) >= 11 is 4.06. The molecule has 0 saturated carbocycles. The van der Waals surface area contributed by atoms with Crippen molar-refractivity contribution in [3.8, 4) is 0 Å². The predicted octanol–water partition coefficient (Wildman–Crippen LogP) is 2.02. The van der Waals surface area contributed by atoms with Gasteiger partial charge in [-0.25, -0.2) is 0 Å². The van der Waals surface area contributed by atoms with Crippen molar-refractivity contribution >= 4 is 30.9 Å². The van der Waals surface area contributed by atoms with E-state index in [1.54, 1.807) is 0 Å². The zero-order valence-electron chi connectivity index (χ0n) is 3.60. The Hall–Kier alpha value is 1.13. The van der Waals surface area contributed by atoms with Gasteiger partial charge >= 0.3 is 0 Å². The summed E-state index contributed by atoms with van der Waals surface area (Å²) in [6, 6.07) is 0. The van der Waals surface area contributed by atoms with E-state index in [2.05, 4.69) is 18.0 Å². The van der Waals surface area contributed by atoms with Crippen molar-refractivity contribution < 1.29 is 0 Å². The van der Waals surface area contributed by atoms with E-state index in [1.165, 1.54) is 5.75 Å². The average molecular weight is 138 g/mol.